The fourth-order valence-electron chi connectivity index (χ4n) is 1.09. The van der Waals surface area contributed by atoms with Crippen LogP contribution in [0.15, 0.2) is 24.5 Å². The van der Waals surface area contributed by atoms with Gasteiger partial charge in [0.15, 0.2) is 0 Å². The van der Waals surface area contributed by atoms with Crippen LogP contribution >= 0.6 is 27.5 Å². The molecule has 4 nitrogen and oxygen atoms in total. The van der Waals surface area contributed by atoms with Crippen molar-refractivity contribution in [1.29, 1.82) is 0 Å². The molecule has 0 atom stereocenters. The molecular weight excluding hydrogens is 267 g/mol. The monoisotopic (exact) mass is 272 g/mol. The molecule has 0 radical (unpaired) electrons. The molecule has 1 aromatic heterocycles. The minimum absolute atomic E-state index is 0.710. The van der Waals surface area contributed by atoms with Gasteiger partial charge in [-0.1, -0.05) is 27.5 Å². The Bertz CT molecular complexity index is 429. The second-order valence-electron chi connectivity index (χ2n) is 2.66. The van der Waals surface area contributed by atoms with Gasteiger partial charge in [0.1, 0.15) is 6.33 Å². The van der Waals surface area contributed by atoms with E-state index in [0.717, 1.165) is 16.3 Å². The third kappa shape index (κ3) is 1.78. The highest BCUT2D eigenvalue weighted by atomic mass is 79.9. The number of hydrogen-bond donors (Lipinski definition) is 0. The highest BCUT2D eigenvalue weighted by molar-refractivity contribution is 9.08. The quantitative estimate of drug-likeness (QED) is 0.788. The van der Waals surface area contributed by atoms with Crippen molar-refractivity contribution in [1.82, 2.24) is 20.2 Å². The van der Waals surface area contributed by atoms with E-state index in [1.807, 2.05) is 18.2 Å². The van der Waals surface area contributed by atoms with Gasteiger partial charge in [0.2, 0.25) is 0 Å². The molecule has 2 rings (SSSR count). The van der Waals surface area contributed by atoms with Crippen LogP contribution in [0.4, 0.5) is 0 Å². The lowest BCUT2D eigenvalue weighted by molar-refractivity contribution is 0.788. The Kier molecular flexibility index (Phi) is 2.79. The first-order valence-corrected chi connectivity index (χ1v) is 5.39. The molecule has 1 heterocycles. The van der Waals surface area contributed by atoms with E-state index in [1.54, 1.807) is 11.0 Å². The molecule has 0 fully saturated rings. The van der Waals surface area contributed by atoms with E-state index in [2.05, 4.69) is 31.5 Å². The van der Waals surface area contributed by atoms with Crippen LogP contribution in [0.25, 0.3) is 5.69 Å². The maximum atomic E-state index is 5.97. The van der Waals surface area contributed by atoms with Crippen LogP contribution in [-0.4, -0.2) is 20.2 Å². The maximum Gasteiger partial charge on any atom is 0.143 e. The van der Waals surface area contributed by atoms with Gasteiger partial charge >= 0.3 is 0 Å². The Hall–Kier alpha value is -0.940. The Morgan fingerprint density at radius 1 is 1.43 bits per heavy atom. The molecule has 0 spiro atoms. The maximum absolute atomic E-state index is 5.97. The first kappa shape index (κ1) is 9.61. The lowest BCUT2D eigenvalue weighted by Gasteiger charge is -2.03. The van der Waals surface area contributed by atoms with Crippen molar-refractivity contribution in [3.05, 3.63) is 35.1 Å². The molecule has 0 unspecified atom stereocenters. The summed E-state index contributed by atoms with van der Waals surface area (Å²) in [4.78, 5) is 0. The van der Waals surface area contributed by atoms with Gasteiger partial charge in [-0.15, -0.1) is 5.10 Å². The van der Waals surface area contributed by atoms with E-state index in [1.165, 1.54) is 0 Å². The van der Waals surface area contributed by atoms with Crippen LogP contribution in [0.2, 0.25) is 5.02 Å². The summed E-state index contributed by atoms with van der Waals surface area (Å²) < 4.78 is 1.59. The van der Waals surface area contributed by atoms with Gasteiger partial charge in [0, 0.05) is 10.4 Å². The third-order valence-electron chi connectivity index (χ3n) is 1.79. The van der Waals surface area contributed by atoms with E-state index in [0.29, 0.717) is 5.33 Å². The molecule has 0 aliphatic carbocycles. The number of halogens is 2. The molecule has 0 saturated carbocycles. The number of rotatable bonds is 2. The van der Waals surface area contributed by atoms with Crippen LogP contribution in [0.5, 0.6) is 0 Å². The summed E-state index contributed by atoms with van der Waals surface area (Å²) in [6.07, 6.45) is 1.54. The summed E-state index contributed by atoms with van der Waals surface area (Å²) in [5.41, 5.74) is 1.91. The zero-order valence-electron chi connectivity index (χ0n) is 7.06. The third-order valence-corrected chi connectivity index (χ3v) is 2.76. The number of alkyl halides is 1. The molecule has 0 aliphatic heterocycles. The standard InChI is InChI=1S/C8H6BrClN4/c9-4-6-3-7(1-2-8(6)10)14-5-11-12-13-14/h1-3,5H,4H2. The number of tetrazole rings is 1. The van der Waals surface area contributed by atoms with Crippen LogP contribution in [0, 0.1) is 0 Å². The molecule has 0 aliphatic rings. The number of benzene rings is 1. The topological polar surface area (TPSA) is 43.6 Å². The Labute approximate surface area is 94.0 Å². The van der Waals surface area contributed by atoms with E-state index in [9.17, 15) is 0 Å². The zero-order valence-corrected chi connectivity index (χ0v) is 9.40. The molecule has 2 aromatic rings. The molecule has 0 saturated heterocycles. The van der Waals surface area contributed by atoms with E-state index in [-0.39, 0.29) is 0 Å². The average molecular weight is 274 g/mol. The normalized spacial score (nSPS) is 10.4. The summed E-state index contributed by atoms with van der Waals surface area (Å²) in [7, 11) is 0. The van der Waals surface area contributed by atoms with E-state index in [4.69, 9.17) is 11.6 Å². The van der Waals surface area contributed by atoms with Gasteiger partial charge in [-0.3, -0.25) is 0 Å². The van der Waals surface area contributed by atoms with Crippen LogP contribution in [0.1, 0.15) is 5.56 Å². The predicted octanol–water partition coefficient (Wildman–Crippen LogP) is 2.21. The number of hydrogen-bond acceptors (Lipinski definition) is 3. The lowest BCUT2D eigenvalue weighted by atomic mass is 10.2. The van der Waals surface area contributed by atoms with Crippen LogP contribution in [-0.2, 0) is 5.33 Å². The van der Waals surface area contributed by atoms with Crippen molar-refractivity contribution >= 4 is 27.5 Å². The van der Waals surface area contributed by atoms with Gasteiger partial charge in [0.25, 0.3) is 0 Å². The largest absolute Gasteiger partial charge is 0.201 e. The highest BCUT2D eigenvalue weighted by Crippen LogP contribution is 2.21. The smallest absolute Gasteiger partial charge is 0.143 e. The van der Waals surface area contributed by atoms with Crippen molar-refractivity contribution in [3.63, 3.8) is 0 Å². The SMILES string of the molecule is Clc1ccc(-n2cnnn2)cc1CBr. The van der Waals surface area contributed by atoms with Gasteiger partial charge in [-0.05, 0) is 34.2 Å². The first-order chi connectivity index (χ1) is 6.81. The molecule has 14 heavy (non-hydrogen) atoms. The molecule has 72 valence electrons. The Balaban J connectivity index is 2.46. The van der Waals surface area contributed by atoms with Crippen LogP contribution < -0.4 is 0 Å². The molecule has 0 bridgehead atoms. The fourth-order valence-corrected chi connectivity index (χ4v) is 1.90. The summed E-state index contributed by atoms with van der Waals surface area (Å²) in [6.45, 7) is 0. The average Bonchev–Trinajstić information content (AvgIpc) is 2.71. The van der Waals surface area contributed by atoms with Crippen LogP contribution in [0.3, 0.4) is 0 Å². The van der Waals surface area contributed by atoms with Gasteiger partial charge < -0.3 is 0 Å². The molecular formula is C8H6BrClN4. The highest BCUT2D eigenvalue weighted by Gasteiger charge is 2.02. The fraction of sp³-hybridized carbons (Fsp3) is 0.125. The van der Waals surface area contributed by atoms with E-state index >= 15 is 0 Å². The molecule has 0 N–H and O–H groups in total. The van der Waals surface area contributed by atoms with Crippen molar-refractivity contribution < 1.29 is 0 Å². The molecule has 0 amide bonds. The van der Waals surface area contributed by atoms with Gasteiger partial charge in [0.05, 0.1) is 5.69 Å². The minimum atomic E-state index is 0.710. The van der Waals surface area contributed by atoms with Crippen molar-refractivity contribution in [3.8, 4) is 5.69 Å². The zero-order chi connectivity index (χ0) is 9.97. The summed E-state index contributed by atoms with van der Waals surface area (Å²) >= 11 is 9.33. The van der Waals surface area contributed by atoms with Crippen molar-refractivity contribution in [2.45, 2.75) is 5.33 Å². The number of aromatic nitrogens is 4. The lowest BCUT2D eigenvalue weighted by Crippen LogP contribution is -1.96. The summed E-state index contributed by atoms with van der Waals surface area (Å²) in [5.74, 6) is 0. The minimum Gasteiger partial charge on any atom is -0.201 e. The van der Waals surface area contributed by atoms with Crippen molar-refractivity contribution in [2.24, 2.45) is 0 Å². The predicted molar refractivity (Wildman–Crippen MR) is 56.8 cm³/mol. The Morgan fingerprint density at radius 3 is 2.93 bits per heavy atom. The second-order valence-corrected chi connectivity index (χ2v) is 3.63. The first-order valence-electron chi connectivity index (χ1n) is 3.89. The molecule has 1 aromatic carbocycles. The van der Waals surface area contributed by atoms with Crippen molar-refractivity contribution in [2.75, 3.05) is 0 Å². The summed E-state index contributed by atoms with van der Waals surface area (Å²) in [6, 6.07) is 5.63. The molecule has 6 heteroatoms. The van der Waals surface area contributed by atoms with Gasteiger partial charge in [-0.25, -0.2) is 4.68 Å². The van der Waals surface area contributed by atoms with Gasteiger partial charge in [-0.2, -0.15) is 0 Å². The Morgan fingerprint density at radius 2 is 2.29 bits per heavy atom. The second kappa shape index (κ2) is 4.06. The number of nitrogens with zero attached hydrogens (tertiary/aromatic N) is 4. The van der Waals surface area contributed by atoms with E-state index < -0.39 is 0 Å². The summed E-state index contributed by atoms with van der Waals surface area (Å²) in [5, 5.41) is 12.4.